The lowest BCUT2D eigenvalue weighted by Crippen LogP contribution is -2.11. The summed E-state index contributed by atoms with van der Waals surface area (Å²) in [4.78, 5) is 12.4. The van der Waals surface area contributed by atoms with Gasteiger partial charge in [-0.15, -0.1) is 0 Å². The summed E-state index contributed by atoms with van der Waals surface area (Å²) < 4.78 is 16.9. The summed E-state index contributed by atoms with van der Waals surface area (Å²) >= 11 is 0. The number of hydrogen-bond acceptors (Lipinski definition) is 4. The van der Waals surface area contributed by atoms with E-state index in [-0.39, 0.29) is 12.8 Å². The van der Waals surface area contributed by atoms with Gasteiger partial charge in [-0.3, -0.25) is 0 Å². The summed E-state index contributed by atoms with van der Waals surface area (Å²) in [6.45, 7) is 7.94. The van der Waals surface area contributed by atoms with Crippen LogP contribution in [0.5, 0.6) is 17.2 Å². The normalized spacial score (nSPS) is 10.4. The van der Waals surface area contributed by atoms with Gasteiger partial charge in [0, 0.05) is 0 Å². The SMILES string of the molecule is Cc1ccc(OCOc2ccc(OC(=O)c3ccc(C)cc3)c(C)c2C)cc1. The highest BCUT2D eigenvalue weighted by Crippen LogP contribution is 2.30. The van der Waals surface area contributed by atoms with Crippen LogP contribution >= 0.6 is 0 Å². The predicted molar refractivity (Wildman–Crippen MR) is 109 cm³/mol. The van der Waals surface area contributed by atoms with E-state index in [2.05, 4.69) is 0 Å². The maximum atomic E-state index is 12.4. The first-order valence-corrected chi connectivity index (χ1v) is 9.15. The van der Waals surface area contributed by atoms with Gasteiger partial charge >= 0.3 is 5.97 Å². The van der Waals surface area contributed by atoms with Gasteiger partial charge in [0.05, 0.1) is 5.56 Å². The smallest absolute Gasteiger partial charge is 0.343 e. The molecular weight excluding hydrogens is 352 g/mol. The van der Waals surface area contributed by atoms with Crippen molar-refractivity contribution >= 4 is 5.97 Å². The molecule has 0 fully saturated rings. The second kappa shape index (κ2) is 8.61. The van der Waals surface area contributed by atoms with E-state index in [0.29, 0.717) is 17.1 Å². The zero-order chi connectivity index (χ0) is 20.1. The predicted octanol–water partition coefficient (Wildman–Crippen LogP) is 5.55. The number of ether oxygens (including phenoxy) is 3. The van der Waals surface area contributed by atoms with Crippen LogP contribution in [0.3, 0.4) is 0 Å². The number of carbonyl (C=O) groups excluding carboxylic acids is 1. The van der Waals surface area contributed by atoms with Gasteiger partial charge in [-0.2, -0.15) is 0 Å². The van der Waals surface area contributed by atoms with Crippen molar-refractivity contribution in [3.63, 3.8) is 0 Å². The zero-order valence-electron chi connectivity index (χ0n) is 16.6. The highest BCUT2D eigenvalue weighted by atomic mass is 16.7. The number of rotatable bonds is 6. The van der Waals surface area contributed by atoms with Crippen molar-refractivity contribution in [2.75, 3.05) is 6.79 Å². The number of benzene rings is 3. The Bertz CT molecular complexity index is 957. The van der Waals surface area contributed by atoms with Crippen LogP contribution in [-0.2, 0) is 0 Å². The molecule has 0 aliphatic carbocycles. The summed E-state index contributed by atoms with van der Waals surface area (Å²) in [5.41, 5.74) is 4.55. The lowest BCUT2D eigenvalue weighted by molar-refractivity contribution is 0.0732. The van der Waals surface area contributed by atoms with Crippen LogP contribution in [0.1, 0.15) is 32.6 Å². The van der Waals surface area contributed by atoms with Gasteiger partial charge in [-0.25, -0.2) is 4.79 Å². The van der Waals surface area contributed by atoms with Crippen molar-refractivity contribution < 1.29 is 19.0 Å². The fourth-order valence-corrected chi connectivity index (χ4v) is 2.68. The third kappa shape index (κ3) is 4.71. The van der Waals surface area contributed by atoms with Crippen LogP contribution in [0.2, 0.25) is 0 Å². The molecule has 144 valence electrons. The van der Waals surface area contributed by atoms with Gasteiger partial charge in [0.15, 0.2) is 0 Å². The van der Waals surface area contributed by atoms with E-state index in [9.17, 15) is 4.79 Å². The van der Waals surface area contributed by atoms with E-state index in [1.807, 2.05) is 64.1 Å². The average molecular weight is 376 g/mol. The van der Waals surface area contributed by atoms with Crippen molar-refractivity contribution in [2.45, 2.75) is 27.7 Å². The molecule has 3 aromatic rings. The van der Waals surface area contributed by atoms with Crippen LogP contribution in [0.25, 0.3) is 0 Å². The van der Waals surface area contributed by atoms with Gasteiger partial charge in [0.1, 0.15) is 17.2 Å². The van der Waals surface area contributed by atoms with E-state index in [1.165, 1.54) is 5.56 Å². The Kier molecular flexibility index (Phi) is 5.99. The molecule has 28 heavy (non-hydrogen) atoms. The van der Waals surface area contributed by atoms with E-state index in [0.717, 1.165) is 22.4 Å². The Morgan fingerprint density at radius 2 is 1.21 bits per heavy atom. The maximum Gasteiger partial charge on any atom is 0.343 e. The Morgan fingerprint density at radius 3 is 1.86 bits per heavy atom. The van der Waals surface area contributed by atoms with Crippen molar-refractivity contribution in [3.05, 3.63) is 88.5 Å². The first-order chi connectivity index (χ1) is 13.4. The van der Waals surface area contributed by atoms with Gasteiger partial charge < -0.3 is 14.2 Å². The molecule has 0 atom stereocenters. The van der Waals surface area contributed by atoms with Crippen LogP contribution in [0, 0.1) is 27.7 Å². The third-order valence-electron chi connectivity index (χ3n) is 4.64. The second-order valence-electron chi connectivity index (χ2n) is 6.79. The number of carbonyl (C=O) groups is 1. The molecule has 3 rings (SSSR count). The van der Waals surface area contributed by atoms with E-state index < -0.39 is 0 Å². The molecular formula is C24H24O4. The molecule has 0 heterocycles. The number of hydrogen-bond donors (Lipinski definition) is 0. The standard InChI is InChI=1S/C24H24O4/c1-16-5-9-20(10-6-16)24(25)28-23-14-13-22(18(3)19(23)4)27-15-26-21-11-7-17(2)8-12-21/h5-14H,15H2,1-4H3. The molecule has 0 aliphatic heterocycles. The van der Waals surface area contributed by atoms with E-state index >= 15 is 0 Å². The summed E-state index contributed by atoms with van der Waals surface area (Å²) in [6.07, 6.45) is 0. The first-order valence-electron chi connectivity index (χ1n) is 9.15. The molecule has 0 saturated carbocycles. The Balaban J connectivity index is 1.64. The minimum Gasteiger partial charge on any atom is -0.458 e. The van der Waals surface area contributed by atoms with Crippen LogP contribution < -0.4 is 14.2 Å². The number of esters is 1. The molecule has 4 heteroatoms. The van der Waals surface area contributed by atoms with Crippen molar-refractivity contribution in [1.82, 2.24) is 0 Å². The van der Waals surface area contributed by atoms with Crippen LogP contribution in [0.4, 0.5) is 0 Å². The largest absolute Gasteiger partial charge is 0.458 e. The molecule has 0 spiro atoms. The molecule has 0 saturated heterocycles. The van der Waals surface area contributed by atoms with Crippen molar-refractivity contribution in [1.29, 1.82) is 0 Å². The highest BCUT2D eigenvalue weighted by molar-refractivity contribution is 5.91. The van der Waals surface area contributed by atoms with Crippen molar-refractivity contribution in [3.8, 4) is 17.2 Å². The van der Waals surface area contributed by atoms with Crippen LogP contribution in [0.15, 0.2) is 60.7 Å². The minimum absolute atomic E-state index is 0.103. The molecule has 0 radical (unpaired) electrons. The van der Waals surface area contributed by atoms with Gasteiger partial charge in [-0.05, 0) is 75.2 Å². The van der Waals surface area contributed by atoms with E-state index in [4.69, 9.17) is 14.2 Å². The summed E-state index contributed by atoms with van der Waals surface area (Å²) in [5, 5.41) is 0. The molecule has 0 N–H and O–H groups in total. The quantitative estimate of drug-likeness (QED) is 0.321. The fourth-order valence-electron chi connectivity index (χ4n) is 2.68. The third-order valence-corrected chi connectivity index (χ3v) is 4.64. The molecule has 0 bridgehead atoms. The maximum absolute atomic E-state index is 12.4. The molecule has 0 aliphatic rings. The summed E-state index contributed by atoms with van der Waals surface area (Å²) in [6, 6.07) is 18.6. The fraction of sp³-hybridized carbons (Fsp3) is 0.208. The topological polar surface area (TPSA) is 44.8 Å². The van der Waals surface area contributed by atoms with Gasteiger partial charge in [0.2, 0.25) is 6.79 Å². The minimum atomic E-state index is -0.376. The molecule has 0 unspecified atom stereocenters. The summed E-state index contributed by atoms with van der Waals surface area (Å²) in [7, 11) is 0. The Labute approximate surface area is 165 Å². The molecule has 0 aromatic heterocycles. The van der Waals surface area contributed by atoms with Crippen LogP contribution in [-0.4, -0.2) is 12.8 Å². The Hall–Kier alpha value is -3.27. The second-order valence-corrected chi connectivity index (χ2v) is 6.79. The Morgan fingerprint density at radius 1 is 0.679 bits per heavy atom. The molecule has 4 nitrogen and oxygen atoms in total. The summed E-state index contributed by atoms with van der Waals surface area (Å²) in [5.74, 6) is 1.59. The zero-order valence-corrected chi connectivity index (χ0v) is 16.6. The van der Waals surface area contributed by atoms with Crippen molar-refractivity contribution in [2.24, 2.45) is 0 Å². The highest BCUT2D eigenvalue weighted by Gasteiger charge is 2.13. The van der Waals surface area contributed by atoms with Gasteiger partial charge in [0.25, 0.3) is 0 Å². The molecule has 0 amide bonds. The monoisotopic (exact) mass is 376 g/mol. The van der Waals surface area contributed by atoms with E-state index in [1.54, 1.807) is 24.3 Å². The first kappa shape index (κ1) is 19.5. The average Bonchev–Trinajstić information content (AvgIpc) is 2.69. The lowest BCUT2D eigenvalue weighted by Gasteiger charge is -2.15. The molecule has 3 aromatic carbocycles. The van der Waals surface area contributed by atoms with Gasteiger partial charge in [-0.1, -0.05) is 35.4 Å². The number of aryl methyl sites for hydroxylation is 2. The lowest BCUT2D eigenvalue weighted by atomic mass is 10.1.